The lowest BCUT2D eigenvalue weighted by Gasteiger charge is -2.27. The number of aromatic nitrogens is 4. The van der Waals surface area contributed by atoms with Gasteiger partial charge in [0.15, 0.2) is 5.65 Å². The number of hydrogen-bond acceptors (Lipinski definition) is 6. The predicted molar refractivity (Wildman–Crippen MR) is 71.5 cm³/mol. The van der Waals surface area contributed by atoms with E-state index < -0.39 is 0 Å². The number of H-pyrrole nitrogens is 1. The van der Waals surface area contributed by atoms with Gasteiger partial charge < -0.3 is 15.5 Å². The van der Waals surface area contributed by atoms with E-state index in [0.717, 1.165) is 26.2 Å². The SMILES string of the molecule is O=C(CNc1cc2n[nH]c(=O)n2cn1)N1CCNCC1. The third-order valence-electron chi connectivity index (χ3n) is 3.20. The topological polar surface area (TPSA) is 107 Å². The molecule has 1 amide bonds. The van der Waals surface area contributed by atoms with Gasteiger partial charge in [-0.2, -0.15) is 5.10 Å². The zero-order chi connectivity index (χ0) is 13.9. The van der Waals surface area contributed by atoms with Gasteiger partial charge in [-0.3, -0.25) is 4.79 Å². The standard InChI is InChI=1S/C11H15N7O2/c19-10(17-3-1-12-2-4-17)6-13-8-5-9-15-16-11(20)18(9)7-14-8/h5,7,12-13H,1-4,6H2,(H,16,20). The fraction of sp³-hybridized carbons (Fsp3) is 0.455. The van der Waals surface area contributed by atoms with Crippen LogP contribution in [-0.2, 0) is 4.79 Å². The summed E-state index contributed by atoms with van der Waals surface area (Å²) in [4.78, 5) is 29.1. The van der Waals surface area contributed by atoms with Crippen molar-refractivity contribution in [3.8, 4) is 0 Å². The second-order valence-electron chi connectivity index (χ2n) is 4.52. The Kier molecular flexibility index (Phi) is 3.33. The highest BCUT2D eigenvalue weighted by Gasteiger charge is 2.15. The zero-order valence-electron chi connectivity index (χ0n) is 10.8. The Morgan fingerprint density at radius 1 is 1.40 bits per heavy atom. The maximum atomic E-state index is 12.0. The second-order valence-corrected chi connectivity index (χ2v) is 4.52. The summed E-state index contributed by atoms with van der Waals surface area (Å²) in [6.45, 7) is 3.28. The van der Waals surface area contributed by atoms with Crippen LogP contribution in [0.3, 0.4) is 0 Å². The first-order valence-electron chi connectivity index (χ1n) is 6.39. The van der Waals surface area contributed by atoms with Crippen LogP contribution in [0, 0.1) is 0 Å². The lowest BCUT2D eigenvalue weighted by atomic mass is 10.3. The van der Waals surface area contributed by atoms with E-state index >= 15 is 0 Å². The highest BCUT2D eigenvalue weighted by Crippen LogP contribution is 2.04. The minimum atomic E-state index is -0.337. The Morgan fingerprint density at radius 3 is 3.00 bits per heavy atom. The van der Waals surface area contributed by atoms with Crippen LogP contribution in [0.5, 0.6) is 0 Å². The summed E-state index contributed by atoms with van der Waals surface area (Å²) >= 11 is 0. The van der Waals surface area contributed by atoms with Crippen LogP contribution in [0.1, 0.15) is 0 Å². The van der Waals surface area contributed by atoms with Gasteiger partial charge in [-0.1, -0.05) is 0 Å². The molecular formula is C11H15N7O2. The molecule has 3 heterocycles. The molecule has 0 atom stereocenters. The van der Waals surface area contributed by atoms with Crippen LogP contribution in [0.25, 0.3) is 5.65 Å². The number of carbonyl (C=O) groups is 1. The number of carbonyl (C=O) groups excluding carboxylic acids is 1. The number of nitrogens with zero attached hydrogens (tertiary/aromatic N) is 4. The summed E-state index contributed by atoms with van der Waals surface area (Å²) in [7, 11) is 0. The Bertz CT molecular complexity index is 671. The third-order valence-corrected chi connectivity index (χ3v) is 3.20. The summed E-state index contributed by atoms with van der Waals surface area (Å²) in [6.07, 6.45) is 1.37. The average molecular weight is 277 g/mol. The second kappa shape index (κ2) is 5.29. The molecule has 0 unspecified atom stereocenters. The van der Waals surface area contributed by atoms with Gasteiger partial charge in [0.1, 0.15) is 12.1 Å². The molecule has 2 aromatic heterocycles. The highest BCUT2D eigenvalue weighted by molar-refractivity contribution is 5.80. The largest absolute Gasteiger partial charge is 0.361 e. The smallest absolute Gasteiger partial charge is 0.348 e. The van der Waals surface area contributed by atoms with E-state index in [1.54, 1.807) is 11.0 Å². The molecule has 1 saturated heterocycles. The first kappa shape index (κ1) is 12.6. The molecule has 3 N–H and O–H groups in total. The Hall–Kier alpha value is -2.42. The maximum Gasteiger partial charge on any atom is 0.348 e. The third kappa shape index (κ3) is 2.48. The normalized spacial score (nSPS) is 15.5. The molecule has 3 rings (SSSR count). The minimum Gasteiger partial charge on any atom is -0.361 e. The van der Waals surface area contributed by atoms with E-state index in [4.69, 9.17) is 0 Å². The summed E-state index contributed by atoms with van der Waals surface area (Å²) in [5, 5.41) is 12.3. The maximum absolute atomic E-state index is 12.0. The molecule has 0 aromatic carbocycles. The van der Waals surface area contributed by atoms with E-state index in [1.807, 2.05) is 0 Å². The van der Waals surface area contributed by atoms with Crippen LogP contribution in [0.2, 0.25) is 0 Å². The number of anilines is 1. The van der Waals surface area contributed by atoms with Gasteiger partial charge in [-0.25, -0.2) is 19.3 Å². The molecular weight excluding hydrogens is 262 g/mol. The van der Waals surface area contributed by atoms with Gasteiger partial charge in [-0.05, 0) is 0 Å². The van der Waals surface area contributed by atoms with Gasteiger partial charge in [0, 0.05) is 32.2 Å². The van der Waals surface area contributed by atoms with Crippen molar-refractivity contribution in [2.45, 2.75) is 0 Å². The predicted octanol–water partition coefficient (Wildman–Crippen LogP) is -1.74. The minimum absolute atomic E-state index is 0.0348. The molecule has 0 spiro atoms. The van der Waals surface area contributed by atoms with Gasteiger partial charge in [0.25, 0.3) is 0 Å². The number of fused-ring (bicyclic) bond motifs is 1. The number of nitrogens with one attached hydrogen (secondary N) is 3. The molecule has 0 radical (unpaired) electrons. The van der Waals surface area contributed by atoms with Gasteiger partial charge in [0.05, 0.1) is 6.54 Å². The molecule has 1 fully saturated rings. The molecule has 2 aromatic rings. The van der Waals surface area contributed by atoms with E-state index in [2.05, 4.69) is 25.8 Å². The lowest BCUT2D eigenvalue weighted by Crippen LogP contribution is -2.48. The zero-order valence-corrected chi connectivity index (χ0v) is 10.8. The number of piperazine rings is 1. The number of aromatic amines is 1. The van der Waals surface area contributed by atoms with Crippen molar-refractivity contribution >= 4 is 17.4 Å². The lowest BCUT2D eigenvalue weighted by molar-refractivity contribution is -0.129. The van der Waals surface area contributed by atoms with Crippen molar-refractivity contribution < 1.29 is 4.79 Å². The van der Waals surface area contributed by atoms with Crippen molar-refractivity contribution in [3.63, 3.8) is 0 Å². The first-order chi connectivity index (χ1) is 9.74. The Balaban J connectivity index is 1.64. The van der Waals surface area contributed by atoms with Crippen LogP contribution >= 0.6 is 0 Å². The van der Waals surface area contributed by atoms with Gasteiger partial charge >= 0.3 is 5.69 Å². The summed E-state index contributed by atoms with van der Waals surface area (Å²) in [5.74, 6) is 0.549. The van der Waals surface area contributed by atoms with E-state index in [0.29, 0.717) is 11.5 Å². The number of rotatable bonds is 3. The molecule has 9 heteroatoms. The fourth-order valence-corrected chi connectivity index (χ4v) is 2.10. The molecule has 0 saturated carbocycles. The van der Waals surface area contributed by atoms with Crippen molar-refractivity contribution in [1.29, 1.82) is 0 Å². The van der Waals surface area contributed by atoms with Crippen molar-refractivity contribution in [2.75, 3.05) is 38.0 Å². The first-order valence-corrected chi connectivity index (χ1v) is 6.39. The molecule has 106 valence electrons. The van der Waals surface area contributed by atoms with E-state index in [1.165, 1.54) is 10.7 Å². The fourth-order valence-electron chi connectivity index (χ4n) is 2.10. The Morgan fingerprint density at radius 2 is 2.20 bits per heavy atom. The monoisotopic (exact) mass is 277 g/mol. The molecule has 1 aliphatic heterocycles. The van der Waals surface area contributed by atoms with Crippen molar-refractivity contribution in [1.82, 2.24) is 29.8 Å². The summed E-state index contributed by atoms with van der Waals surface area (Å²) < 4.78 is 1.29. The van der Waals surface area contributed by atoms with E-state index in [9.17, 15) is 9.59 Å². The van der Waals surface area contributed by atoms with Crippen LogP contribution in [-0.4, -0.2) is 63.1 Å². The highest BCUT2D eigenvalue weighted by atomic mass is 16.2. The average Bonchev–Trinajstić information content (AvgIpc) is 2.87. The molecule has 0 aliphatic carbocycles. The van der Waals surface area contributed by atoms with Crippen LogP contribution < -0.4 is 16.3 Å². The Labute approximate surface area is 114 Å². The van der Waals surface area contributed by atoms with Gasteiger partial charge in [0.2, 0.25) is 5.91 Å². The number of hydrogen-bond donors (Lipinski definition) is 3. The summed E-state index contributed by atoms with van der Waals surface area (Å²) in [5.41, 5.74) is 0.123. The van der Waals surface area contributed by atoms with Crippen LogP contribution in [0.4, 0.5) is 5.82 Å². The van der Waals surface area contributed by atoms with E-state index in [-0.39, 0.29) is 18.1 Å². The number of amides is 1. The molecule has 9 nitrogen and oxygen atoms in total. The van der Waals surface area contributed by atoms with Gasteiger partial charge in [-0.15, -0.1) is 0 Å². The summed E-state index contributed by atoms with van der Waals surface area (Å²) in [6, 6.07) is 1.61. The van der Waals surface area contributed by atoms with Crippen molar-refractivity contribution in [2.24, 2.45) is 0 Å². The quantitative estimate of drug-likeness (QED) is 0.615. The molecule has 0 bridgehead atoms. The van der Waals surface area contributed by atoms with Crippen molar-refractivity contribution in [3.05, 3.63) is 22.9 Å². The molecule has 20 heavy (non-hydrogen) atoms. The molecule has 1 aliphatic rings. The van der Waals surface area contributed by atoms with Crippen LogP contribution in [0.15, 0.2) is 17.2 Å².